The molecule has 5 heteroatoms. The number of fused-ring (bicyclic) bond motifs is 1. The summed E-state index contributed by atoms with van der Waals surface area (Å²) in [6, 6.07) is 5.43. The van der Waals surface area contributed by atoms with E-state index in [4.69, 9.17) is 9.47 Å². The van der Waals surface area contributed by atoms with Gasteiger partial charge >= 0.3 is 0 Å². The molecule has 0 amide bonds. The predicted molar refractivity (Wildman–Crippen MR) is 138 cm³/mol. The standard InChI is InChI=1S/C28H41NO4/c1-6-7-8-9-10-11-18-32-23-15-16-24-25(20-23)29(5)28(31)27(26(24)30)33-19-17-22(4)14-12-13-21(2)3/h13,15-17,20,30H,6-12,14,18-19H2,1-5H3/b22-17+. The summed E-state index contributed by atoms with van der Waals surface area (Å²) in [5.41, 5.74) is 2.76. The molecule has 1 N–H and O–H groups in total. The van der Waals surface area contributed by atoms with Crippen LogP contribution in [0.4, 0.5) is 0 Å². The van der Waals surface area contributed by atoms with Gasteiger partial charge in [0.1, 0.15) is 12.4 Å². The summed E-state index contributed by atoms with van der Waals surface area (Å²) in [4.78, 5) is 12.8. The Labute approximate surface area is 198 Å². The van der Waals surface area contributed by atoms with Crippen molar-refractivity contribution < 1.29 is 14.6 Å². The lowest BCUT2D eigenvalue weighted by atomic mass is 10.1. The SMILES string of the molecule is CCCCCCCCOc1ccc2c(O)c(OC/C=C(\C)CCC=C(C)C)c(=O)n(C)c2c1. The summed E-state index contributed by atoms with van der Waals surface area (Å²) in [6.45, 7) is 9.34. The first-order valence-electron chi connectivity index (χ1n) is 12.3. The number of aromatic hydroxyl groups is 1. The fraction of sp³-hybridized carbons (Fsp3) is 0.536. The van der Waals surface area contributed by atoms with Gasteiger partial charge in [0, 0.05) is 18.5 Å². The van der Waals surface area contributed by atoms with Gasteiger partial charge in [-0.3, -0.25) is 4.79 Å². The molecule has 2 rings (SSSR count). The Morgan fingerprint density at radius 2 is 1.76 bits per heavy atom. The number of pyridine rings is 1. The Morgan fingerprint density at radius 1 is 1.03 bits per heavy atom. The molecule has 0 spiro atoms. The van der Waals surface area contributed by atoms with Gasteiger partial charge < -0.3 is 19.1 Å². The first-order valence-corrected chi connectivity index (χ1v) is 12.3. The van der Waals surface area contributed by atoms with Gasteiger partial charge in [-0.1, -0.05) is 56.3 Å². The molecule has 0 unspecified atom stereocenters. The van der Waals surface area contributed by atoms with Crippen molar-refractivity contribution >= 4 is 10.9 Å². The van der Waals surface area contributed by atoms with Gasteiger partial charge in [-0.25, -0.2) is 0 Å². The molecule has 0 radical (unpaired) electrons. The predicted octanol–water partition coefficient (Wildman–Crippen LogP) is 7.05. The molecule has 0 saturated heterocycles. The monoisotopic (exact) mass is 455 g/mol. The smallest absolute Gasteiger partial charge is 0.297 e. The fourth-order valence-electron chi connectivity index (χ4n) is 3.72. The van der Waals surface area contributed by atoms with Crippen LogP contribution in [0, 0.1) is 0 Å². The molecule has 1 heterocycles. The Morgan fingerprint density at radius 3 is 2.48 bits per heavy atom. The second kappa shape index (κ2) is 13.8. The van der Waals surface area contributed by atoms with Crippen molar-refractivity contribution in [1.82, 2.24) is 4.57 Å². The maximum atomic E-state index is 12.8. The summed E-state index contributed by atoms with van der Waals surface area (Å²) < 4.78 is 13.1. The largest absolute Gasteiger partial charge is 0.504 e. The molecule has 182 valence electrons. The normalized spacial score (nSPS) is 11.6. The Balaban J connectivity index is 2.03. The van der Waals surface area contributed by atoms with Crippen LogP contribution in [-0.2, 0) is 7.05 Å². The maximum Gasteiger partial charge on any atom is 0.297 e. The molecule has 0 atom stereocenters. The molecule has 0 bridgehead atoms. The van der Waals surface area contributed by atoms with Crippen LogP contribution < -0.4 is 15.0 Å². The minimum absolute atomic E-state index is 0.0147. The number of nitrogens with zero attached hydrogens (tertiary/aromatic N) is 1. The minimum Gasteiger partial charge on any atom is -0.504 e. The molecule has 33 heavy (non-hydrogen) atoms. The topological polar surface area (TPSA) is 60.7 Å². The molecular weight excluding hydrogens is 414 g/mol. The highest BCUT2D eigenvalue weighted by molar-refractivity contribution is 5.88. The third-order valence-corrected chi connectivity index (χ3v) is 5.82. The Bertz CT molecular complexity index is 1010. The van der Waals surface area contributed by atoms with Gasteiger partial charge in [-0.2, -0.15) is 0 Å². The van der Waals surface area contributed by atoms with Crippen LogP contribution in [-0.4, -0.2) is 22.9 Å². The number of unbranched alkanes of at least 4 members (excludes halogenated alkanes) is 5. The van der Waals surface area contributed by atoms with Crippen LogP contribution in [0.5, 0.6) is 17.2 Å². The summed E-state index contributed by atoms with van der Waals surface area (Å²) >= 11 is 0. The van der Waals surface area contributed by atoms with E-state index in [2.05, 4.69) is 26.8 Å². The van der Waals surface area contributed by atoms with E-state index in [1.54, 1.807) is 13.1 Å². The highest BCUT2D eigenvalue weighted by Gasteiger charge is 2.16. The van der Waals surface area contributed by atoms with Gasteiger partial charge in [-0.05, 0) is 58.2 Å². The van der Waals surface area contributed by atoms with E-state index < -0.39 is 0 Å². The third kappa shape index (κ3) is 8.30. The lowest BCUT2D eigenvalue weighted by Crippen LogP contribution is -2.20. The number of allylic oxidation sites excluding steroid dienone is 3. The van der Waals surface area contributed by atoms with Crippen molar-refractivity contribution in [1.29, 1.82) is 0 Å². The molecule has 0 fully saturated rings. The maximum absolute atomic E-state index is 12.8. The molecule has 0 aliphatic heterocycles. The van der Waals surface area contributed by atoms with Crippen molar-refractivity contribution in [3.05, 3.63) is 51.9 Å². The zero-order valence-corrected chi connectivity index (χ0v) is 21.1. The van der Waals surface area contributed by atoms with E-state index in [9.17, 15) is 9.90 Å². The number of aryl methyl sites for hydroxylation is 1. The van der Waals surface area contributed by atoms with Gasteiger partial charge in [0.15, 0.2) is 5.75 Å². The lowest BCUT2D eigenvalue weighted by Gasteiger charge is -2.14. The Hall–Kier alpha value is -2.69. The van der Waals surface area contributed by atoms with Gasteiger partial charge in [0.05, 0.1) is 12.1 Å². The van der Waals surface area contributed by atoms with Gasteiger partial charge in [0.2, 0.25) is 5.75 Å². The van der Waals surface area contributed by atoms with Crippen molar-refractivity contribution in [2.24, 2.45) is 7.05 Å². The second-order valence-electron chi connectivity index (χ2n) is 9.02. The quantitative estimate of drug-likeness (QED) is 0.245. The van der Waals surface area contributed by atoms with E-state index >= 15 is 0 Å². The first kappa shape index (κ1) is 26.6. The minimum atomic E-state index is -0.358. The van der Waals surface area contributed by atoms with Crippen LogP contribution in [0.25, 0.3) is 10.9 Å². The molecule has 1 aromatic heterocycles. The fourth-order valence-corrected chi connectivity index (χ4v) is 3.72. The Kier molecular flexibility index (Phi) is 11.1. The number of hydrogen-bond donors (Lipinski definition) is 1. The van der Waals surface area contributed by atoms with Crippen LogP contribution in [0.3, 0.4) is 0 Å². The summed E-state index contributed by atoms with van der Waals surface area (Å²) in [7, 11) is 1.69. The highest BCUT2D eigenvalue weighted by atomic mass is 16.5. The van der Waals surface area contributed by atoms with Crippen LogP contribution in [0.15, 0.2) is 46.3 Å². The van der Waals surface area contributed by atoms with E-state index in [1.807, 2.05) is 25.1 Å². The lowest BCUT2D eigenvalue weighted by molar-refractivity contribution is 0.304. The van der Waals surface area contributed by atoms with Crippen molar-refractivity contribution in [2.45, 2.75) is 79.1 Å². The molecule has 0 saturated carbocycles. The zero-order chi connectivity index (χ0) is 24.2. The van der Waals surface area contributed by atoms with E-state index in [0.29, 0.717) is 23.3 Å². The van der Waals surface area contributed by atoms with Crippen LogP contribution in [0.2, 0.25) is 0 Å². The number of rotatable bonds is 14. The van der Waals surface area contributed by atoms with Crippen molar-refractivity contribution in [3.8, 4) is 17.2 Å². The average Bonchev–Trinajstić information content (AvgIpc) is 2.79. The molecular formula is C28H41NO4. The number of hydrogen-bond acceptors (Lipinski definition) is 4. The number of ether oxygens (including phenoxy) is 2. The van der Waals surface area contributed by atoms with E-state index in [1.165, 1.54) is 41.4 Å². The van der Waals surface area contributed by atoms with Crippen LogP contribution in [0.1, 0.15) is 79.1 Å². The van der Waals surface area contributed by atoms with Gasteiger partial charge in [0.25, 0.3) is 5.56 Å². The molecule has 1 aromatic carbocycles. The van der Waals surface area contributed by atoms with Crippen molar-refractivity contribution in [3.63, 3.8) is 0 Å². The summed E-state index contributed by atoms with van der Waals surface area (Å²) in [5.74, 6) is 0.569. The molecule has 5 nitrogen and oxygen atoms in total. The first-order chi connectivity index (χ1) is 15.8. The highest BCUT2D eigenvalue weighted by Crippen LogP contribution is 2.33. The van der Waals surface area contributed by atoms with Crippen LogP contribution >= 0.6 is 0 Å². The van der Waals surface area contributed by atoms with Gasteiger partial charge in [-0.15, -0.1) is 0 Å². The molecule has 0 aliphatic rings. The third-order valence-electron chi connectivity index (χ3n) is 5.82. The second-order valence-corrected chi connectivity index (χ2v) is 9.02. The zero-order valence-electron chi connectivity index (χ0n) is 21.1. The molecule has 0 aliphatic carbocycles. The van der Waals surface area contributed by atoms with E-state index in [0.717, 1.165) is 25.7 Å². The number of benzene rings is 1. The van der Waals surface area contributed by atoms with Crippen molar-refractivity contribution in [2.75, 3.05) is 13.2 Å². The molecule has 2 aromatic rings. The number of aromatic nitrogens is 1. The average molecular weight is 456 g/mol. The summed E-state index contributed by atoms with van der Waals surface area (Å²) in [5, 5.41) is 11.3. The summed E-state index contributed by atoms with van der Waals surface area (Å²) in [6.07, 6.45) is 13.3. The van der Waals surface area contributed by atoms with E-state index in [-0.39, 0.29) is 23.7 Å².